The molecule has 19 heavy (non-hydrogen) atoms. The van der Waals surface area contributed by atoms with Crippen LogP contribution in [0.1, 0.15) is 48.5 Å². The standard InChI is InChI=1S/C16H18ClNO/c1-9-6-11(17)7-13-15(10-2-3-10)14(19-16(9)13)8-18-12-4-5-12/h6-7,10,12,18H,2-5,8H2,1H3. The largest absolute Gasteiger partial charge is 0.459 e. The summed E-state index contributed by atoms with van der Waals surface area (Å²) in [5, 5.41) is 5.61. The Labute approximate surface area is 118 Å². The zero-order valence-electron chi connectivity index (χ0n) is 11.1. The Hall–Kier alpha value is -0.990. The number of halogens is 1. The summed E-state index contributed by atoms with van der Waals surface area (Å²) in [7, 11) is 0. The van der Waals surface area contributed by atoms with E-state index in [1.54, 1.807) is 0 Å². The smallest absolute Gasteiger partial charge is 0.137 e. The Morgan fingerprint density at radius 3 is 2.74 bits per heavy atom. The maximum Gasteiger partial charge on any atom is 0.137 e. The molecule has 2 saturated carbocycles. The molecular weight excluding hydrogens is 258 g/mol. The predicted molar refractivity (Wildman–Crippen MR) is 77.8 cm³/mol. The van der Waals surface area contributed by atoms with Crippen LogP contribution >= 0.6 is 11.6 Å². The summed E-state index contributed by atoms with van der Waals surface area (Å²) in [4.78, 5) is 0. The van der Waals surface area contributed by atoms with Crippen LogP contribution in [0.15, 0.2) is 16.5 Å². The summed E-state index contributed by atoms with van der Waals surface area (Å²) in [6, 6.07) is 4.77. The summed E-state index contributed by atoms with van der Waals surface area (Å²) in [6.07, 6.45) is 5.20. The lowest BCUT2D eigenvalue weighted by atomic mass is 10.0. The van der Waals surface area contributed by atoms with Gasteiger partial charge in [0.15, 0.2) is 0 Å². The lowest BCUT2D eigenvalue weighted by molar-refractivity contribution is 0.505. The number of hydrogen-bond acceptors (Lipinski definition) is 2. The minimum absolute atomic E-state index is 0.690. The van der Waals surface area contributed by atoms with Crippen LogP contribution in [-0.4, -0.2) is 6.04 Å². The minimum Gasteiger partial charge on any atom is -0.459 e. The van der Waals surface area contributed by atoms with Crippen LogP contribution in [-0.2, 0) is 6.54 Å². The fourth-order valence-electron chi connectivity index (χ4n) is 2.87. The quantitative estimate of drug-likeness (QED) is 0.887. The second-order valence-corrected chi connectivity index (χ2v) is 6.40. The van der Waals surface area contributed by atoms with Crippen LogP contribution in [0.5, 0.6) is 0 Å². The second-order valence-electron chi connectivity index (χ2n) is 5.97. The Morgan fingerprint density at radius 2 is 2.05 bits per heavy atom. The number of rotatable bonds is 4. The second kappa shape index (κ2) is 4.26. The van der Waals surface area contributed by atoms with Crippen molar-refractivity contribution < 1.29 is 4.42 Å². The zero-order chi connectivity index (χ0) is 13.0. The first-order valence-electron chi connectivity index (χ1n) is 7.17. The van der Waals surface area contributed by atoms with Gasteiger partial charge in [-0.05, 0) is 56.2 Å². The van der Waals surface area contributed by atoms with Gasteiger partial charge in [-0.3, -0.25) is 0 Å². The Bertz CT molecular complexity index is 638. The molecule has 1 heterocycles. The zero-order valence-corrected chi connectivity index (χ0v) is 11.9. The molecule has 0 unspecified atom stereocenters. The summed E-state index contributed by atoms with van der Waals surface area (Å²) in [5.74, 6) is 1.82. The Morgan fingerprint density at radius 1 is 1.26 bits per heavy atom. The number of fused-ring (bicyclic) bond motifs is 1. The van der Waals surface area contributed by atoms with Gasteiger partial charge in [0, 0.05) is 22.0 Å². The number of hydrogen-bond donors (Lipinski definition) is 1. The van der Waals surface area contributed by atoms with Crippen molar-refractivity contribution in [3.63, 3.8) is 0 Å². The Kier molecular flexibility index (Phi) is 2.64. The van der Waals surface area contributed by atoms with E-state index in [2.05, 4.69) is 18.3 Å². The summed E-state index contributed by atoms with van der Waals surface area (Å²) < 4.78 is 6.14. The van der Waals surface area contributed by atoms with E-state index in [4.69, 9.17) is 16.0 Å². The molecule has 1 aromatic carbocycles. The molecular formula is C16H18ClNO. The highest BCUT2D eigenvalue weighted by Crippen LogP contribution is 2.47. The summed E-state index contributed by atoms with van der Waals surface area (Å²) in [5.41, 5.74) is 3.58. The van der Waals surface area contributed by atoms with Crippen LogP contribution in [0.4, 0.5) is 0 Å². The van der Waals surface area contributed by atoms with Gasteiger partial charge in [-0.2, -0.15) is 0 Å². The van der Waals surface area contributed by atoms with E-state index in [1.165, 1.54) is 36.6 Å². The SMILES string of the molecule is Cc1cc(Cl)cc2c(C3CC3)c(CNC3CC3)oc12. The van der Waals surface area contributed by atoms with E-state index < -0.39 is 0 Å². The first-order chi connectivity index (χ1) is 9.22. The Balaban J connectivity index is 1.81. The van der Waals surface area contributed by atoms with Crippen LogP contribution in [0.3, 0.4) is 0 Å². The van der Waals surface area contributed by atoms with Crippen molar-refractivity contribution in [2.24, 2.45) is 0 Å². The molecule has 0 bridgehead atoms. The number of aryl methyl sites for hydroxylation is 1. The van der Waals surface area contributed by atoms with Crippen LogP contribution in [0.2, 0.25) is 5.02 Å². The fraction of sp³-hybridized carbons (Fsp3) is 0.500. The van der Waals surface area contributed by atoms with Crippen molar-refractivity contribution in [1.29, 1.82) is 0 Å². The van der Waals surface area contributed by atoms with Crippen molar-refractivity contribution in [3.8, 4) is 0 Å². The highest BCUT2D eigenvalue weighted by molar-refractivity contribution is 6.31. The van der Waals surface area contributed by atoms with Gasteiger partial charge >= 0.3 is 0 Å². The van der Waals surface area contributed by atoms with Crippen molar-refractivity contribution in [2.75, 3.05) is 0 Å². The molecule has 100 valence electrons. The number of furan rings is 1. The molecule has 1 N–H and O–H groups in total. The minimum atomic E-state index is 0.690. The molecule has 2 aliphatic carbocycles. The average Bonchev–Trinajstić information content (AvgIpc) is 3.26. The molecule has 0 radical (unpaired) electrons. The molecule has 4 rings (SSSR count). The van der Waals surface area contributed by atoms with Crippen molar-refractivity contribution >= 4 is 22.6 Å². The molecule has 2 aromatic rings. The lowest BCUT2D eigenvalue weighted by Gasteiger charge is -2.02. The molecule has 0 saturated heterocycles. The van der Waals surface area contributed by atoms with E-state index in [0.29, 0.717) is 12.0 Å². The van der Waals surface area contributed by atoms with Gasteiger partial charge in [0.1, 0.15) is 11.3 Å². The van der Waals surface area contributed by atoms with E-state index in [0.717, 1.165) is 28.5 Å². The van der Waals surface area contributed by atoms with E-state index in [1.807, 2.05) is 6.07 Å². The van der Waals surface area contributed by atoms with Crippen molar-refractivity contribution in [1.82, 2.24) is 5.32 Å². The first-order valence-corrected chi connectivity index (χ1v) is 7.55. The van der Waals surface area contributed by atoms with E-state index in [9.17, 15) is 0 Å². The molecule has 0 aliphatic heterocycles. The van der Waals surface area contributed by atoms with Gasteiger partial charge in [0.2, 0.25) is 0 Å². The average molecular weight is 276 g/mol. The first kappa shape index (κ1) is 11.8. The third-order valence-electron chi connectivity index (χ3n) is 4.17. The molecule has 3 heteroatoms. The summed E-state index contributed by atoms with van der Waals surface area (Å²) >= 11 is 6.21. The van der Waals surface area contributed by atoms with Gasteiger partial charge in [-0.1, -0.05) is 11.6 Å². The molecule has 2 nitrogen and oxygen atoms in total. The van der Waals surface area contributed by atoms with Gasteiger partial charge in [-0.15, -0.1) is 0 Å². The maximum absolute atomic E-state index is 6.21. The third kappa shape index (κ3) is 2.17. The maximum atomic E-state index is 6.21. The molecule has 2 aliphatic rings. The third-order valence-corrected chi connectivity index (χ3v) is 4.39. The van der Waals surface area contributed by atoms with Crippen LogP contribution < -0.4 is 5.32 Å². The van der Waals surface area contributed by atoms with Gasteiger partial charge in [0.05, 0.1) is 6.54 Å². The van der Waals surface area contributed by atoms with Crippen LogP contribution in [0.25, 0.3) is 11.0 Å². The normalized spacial score (nSPS) is 19.3. The van der Waals surface area contributed by atoms with Gasteiger partial charge in [0.25, 0.3) is 0 Å². The van der Waals surface area contributed by atoms with Gasteiger partial charge < -0.3 is 9.73 Å². The number of nitrogens with one attached hydrogen (secondary N) is 1. The monoisotopic (exact) mass is 275 g/mol. The van der Waals surface area contributed by atoms with Gasteiger partial charge in [-0.25, -0.2) is 0 Å². The molecule has 0 amide bonds. The topological polar surface area (TPSA) is 25.2 Å². The molecule has 1 aromatic heterocycles. The number of benzene rings is 1. The van der Waals surface area contributed by atoms with Crippen molar-refractivity contribution in [2.45, 2.75) is 51.1 Å². The fourth-order valence-corrected chi connectivity index (χ4v) is 3.14. The lowest BCUT2D eigenvalue weighted by Crippen LogP contribution is -2.15. The van der Waals surface area contributed by atoms with Crippen LogP contribution in [0, 0.1) is 6.92 Å². The predicted octanol–water partition coefficient (Wildman–Crippen LogP) is 4.52. The highest BCUT2D eigenvalue weighted by Gasteiger charge is 2.32. The molecule has 2 fully saturated rings. The summed E-state index contributed by atoms with van der Waals surface area (Å²) in [6.45, 7) is 2.94. The highest BCUT2D eigenvalue weighted by atomic mass is 35.5. The van der Waals surface area contributed by atoms with Crippen molar-refractivity contribution in [3.05, 3.63) is 34.0 Å². The molecule has 0 spiro atoms. The van der Waals surface area contributed by atoms with E-state index in [-0.39, 0.29) is 0 Å². The van der Waals surface area contributed by atoms with E-state index >= 15 is 0 Å². The molecule has 0 atom stereocenters.